The molecule has 0 aromatic carbocycles. The number of rotatable bonds is 11. The highest BCUT2D eigenvalue weighted by atomic mass is 35.5. The van der Waals surface area contributed by atoms with Gasteiger partial charge in [-0.1, -0.05) is 11.6 Å². The molecule has 0 amide bonds. The molecule has 1 aromatic heterocycles. The van der Waals surface area contributed by atoms with Gasteiger partial charge in [-0.15, -0.1) is 0 Å². The van der Waals surface area contributed by atoms with Crippen LogP contribution < -0.4 is 20.7 Å². The van der Waals surface area contributed by atoms with E-state index in [1.807, 2.05) is 11.8 Å². The number of hydrogen-bond acceptors (Lipinski definition) is 10. The highest BCUT2D eigenvalue weighted by Crippen LogP contribution is 2.45. The predicted octanol–water partition coefficient (Wildman–Crippen LogP) is 2.28. The molecular formula is C15H27ClN5O5PS. The molecule has 3 unspecified atom stereocenters. The van der Waals surface area contributed by atoms with Crippen LogP contribution in [0.2, 0.25) is 0 Å². The van der Waals surface area contributed by atoms with Gasteiger partial charge in [-0.25, -0.2) is 0 Å². The molecule has 0 spiro atoms. The van der Waals surface area contributed by atoms with Crippen molar-refractivity contribution in [2.45, 2.75) is 44.9 Å². The Kier molecular flexibility index (Phi) is 8.50. The maximum atomic E-state index is 10.0. The quantitative estimate of drug-likeness (QED) is 0.258. The standard InChI is InChI=1S/C15H27ClN5O5PS/c1-5-24-14-12-13(19-15(17)20-14)21(8-18-12)11(16)6-10(23-4)7-25-27(22,28)26-9(2)3/h9-11,18H,5-8H2,1-4H3,(H,22,28)(H2,17,19,20). The fourth-order valence-electron chi connectivity index (χ4n) is 2.57. The van der Waals surface area contributed by atoms with Crippen molar-refractivity contribution in [1.82, 2.24) is 9.97 Å². The van der Waals surface area contributed by atoms with E-state index < -0.39 is 18.3 Å². The molecule has 13 heteroatoms. The van der Waals surface area contributed by atoms with Gasteiger partial charge in [0.25, 0.3) is 0 Å². The van der Waals surface area contributed by atoms with Crippen LogP contribution in [0.15, 0.2) is 0 Å². The summed E-state index contributed by atoms with van der Waals surface area (Å²) >= 11 is 11.6. The number of anilines is 3. The third-order valence-electron chi connectivity index (χ3n) is 3.75. The second-order valence-electron chi connectivity index (χ2n) is 6.27. The molecule has 3 atom stereocenters. The van der Waals surface area contributed by atoms with Gasteiger partial charge in [0.15, 0.2) is 5.82 Å². The maximum Gasteiger partial charge on any atom is 0.324 e. The van der Waals surface area contributed by atoms with E-state index in [0.29, 0.717) is 37.1 Å². The van der Waals surface area contributed by atoms with E-state index in [1.54, 1.807) is 13.8 Å². The van der Waals surface area contributed by atoms with Crippen LogP contribution in [0.1, 0.15) is 27.2 Å². The topological polar surface area (TPSA) is 124 Å². The molecule has 10 nitrogen and oxygen atoms in total. The largest absolute Gasteiger partial charge is 0.476 e. The fraction of sp³-hybridized carbons (Fsp3) is 0.733. The molecular weight excluding hydrogens is 429 g/mol. The van der Waals surface area contributed by atoms with E-state index in [2.05, 4.69) is 15.3 Å². The van der Waals surface area contributed by atoms with E-state index in [1.165, 1.54) is 7.11 Å². The number of aromatic nitrogens is 2. The molecule has 2 rings (SSSR count). The minimum absolute atomic E-state index is 0.0461. The van der Waals surface area contributed by atoms with Crippen molar-refractivity contribution in [3.63, 3.8) is 0 Å². The average Bonchev–Trinajstić information content (AvgIpc) is 3.01. The molecule has 0 radical (unpaired) electrons. The number of hydrogen-bond donors (Lipinski definition) is 3. The summed E-state index contributed by atoms with van der Waals surface area (Å²) in [6.45, 7) is 2.97. The molecule has 1 aromatic rings. The Labute approximate surface area is 174 Å². The minimum atomic E-state index is -3.33. The van der Waals surface area contributed by atoms with Gasteiger partial charge in [-0.3, -0.25) is 0 Å². The van der Waals surface area contributed by atoms with E-state index in [-0.39, 0.29) is 18.7 Å². The number of nitrogens with one attached hydrogen (secondary N) is 1. The summed E-state index contributed by atoms with van der Waals surface area (Å²) in [6, 6.07) is 0. The van der Waals surface area contributed by atoms with Gasteiger partial charge in [-0.2, -0.15) is 9.97 Å². The number of nitrogens with two attached hydrogens (primary N) is 1. The van der Waals surface area contributed by atoms with Crippen LogP contribution in [0.25, 0.3) is 0 Å². The highest BCUT2D eigenvalue weighted by molar-refractivity contribution is 8.07. The average molecular weight is 456 g/mol. The van der Waals surface area contributed by atoms with Crippen LogP contribution in [0.5, 0.6) is 5.88 Å². The second kappa shape index (κ2) is 10.2. The molecule has 0 fully saturated rings. The zero-order valence-corrected chi connectivity index (χ0v) is 18.8. The molecule has 28 heavy (non-hydrogen) atoms. The van der Waals surface area contributed by atoms with Gasteiger partial charge in [0.1, 0.15) is 11.2 Å². The Morgan fingerprint density at radius 2 is 2.14 bits per heavy atom. The first-order chi connectivity index (χ1) is 13.2. The summed E-state index contributed by atoms with van der Waals surface area (Å²) in [5.74, 6) is 1.04. The molecule has 1 aliphatic rings. The van der Waals surface area contributed by atoms with Crippen molar-refractivity contribution in [3.05, 3.63) is 0 Å². The smallest absolute Gasteiger partial charge is 0.324 e. The van der Waals surface area contributed by atoms with Gasteiger partial charge in [-0.05, 0) is 32.6 Å². The number of nitrogens with zero attached hydrogens (tertiary/aromatic N) is 3. The predicted molar refractivity (Wildman–Crippen MR) is 112 cm³/mol. The van der Waals surface area contributed by atoms with Crippen molar-refractivity contribution in [2.24, 2.45) is 0 Å². The molecule has 0 aliphatic carbocycles. The molecule has 2 heterocycles. The molecule has 160 valence electrons. The number of nitrogen functional groups attached to an aromatic ring is 1. The molecule has 0 saturated heterocycles. The first-order valence-corrected chi connectivity index (χ1v) is 11.8. The lowest BCUT2D eigenvalue weighted by Gasteiger charge is -2.27. The van der Waals surface area contributed by atoms with Gasteiger partial charge in [0.05, 0.1) is 32.1 Å². The SMILES string of the molecule is CCOc1nc(N)nc2c1NCN2C(Cl)CC(COP(O)(=S)OC(C)C)OC. The lowest BCUT2D eigenvalue weighted by Crippen LogP contribution is -2.36. The van der Waals surface area contributed by atoms with Crippen molar-refractivity contribution in [2.75, 3.05) is 42.9 Å². The summed E-state index contributed by atoms with van der Waals surface area (Å²) < 4.78 is 21.5. The molecule has 4 N–H and O–H groups in total. The van der Waals surface area contributed by atoms with Crippen LogP contribution in [-0.2, 0) is 25.6 Å². The van der Waals surface area contributed by atoms with Gasteiger partial charge in [0.2, 0.25) is 11.8 Å². The van der Waals surface area contributed by atoms with Crippen LogP contribution in [-0.4, -0.2) is 59.6 Å². The Balaban J connectivity index is 2.03. The Hall–Kier alpha value is -0.940. The summed E-state index contributed by atoms with van der Waals surface area (Å²) in [5.41, 5.74) is 5.94. The summed E-state index contributed by atoms with van der Waals surface area (Å²) in [4.78, 5) is 20.2. The zero-order chi connectivity index (χ0) is 20.9. The Morgan fingerprint density at radius 3 is 2.75 bits per heavy atom. The third-order valence-corrected chi connectivity index (χ3v) is 5.90. The molecule has 1 aliphatic heterocycles. The van der Waals surface area contributed by atoms with Crippen LogP contribution in [0.3, 0.4) is 0 Å². The second-order valence-corrected chi connectivity index (χ2v) is 9.56. The maximum absolute atomic E-state index is 10.0. The summed E-state index contributed by atoms with van der Waals surface area (Å²) in [7, 11) is 1.53. The van der Waals surface area contributed by atoms with E-state index >= 15 is 0 Å². The van der Waals surface area contributed by atoms with Crippen molar-refractivity contribution >= 4 is 47.6 Å². The monoisotopic (exact) mass is 455 g/mol. The van der Waals surface area contributed by atoms with E-state index in [0.717, 1.165) is 0 Å². The van der Waals surface area contributed by atoms with E-state index in [9.17, 15) is 4.89 Å². The number of alkyl halides is 1. The Morgan fingerprint density at radius 1 is 1.43 bits per heavy atom. The van der Waals surface area contributed by atoms with Crippen LogP contribution in [0.4, 0.5) is 17.5 Å². The van der Waals surface area contributed by atoms with Gasteiger partial charge < -0.3 is 39.4 Å². The van der Waals surface area contributed by atoms with Crippen LogP contribution >= 0.6 is 18.3 Å². The number of fused-ring (bicyclic) bond motifs is 1. The fourth-order valence-corrected chi connectivity index (χ4v) is 4.58. The van der Waals surface area contributed by atoms with Crippen molar-refractivity contribution in [3.8, 4) is 5.88 Å². The van der Waals surface area contributed by atoms with Crippen molar-refractivity contribution < 1.29 is 23.4 Å². The highest BCUT2D eigenvalue weighted by Gasteiger charge is 2.32. The van der Waals surface area contributed by atoms with Crippen LogP contribution in [0, 0.1) is 0 Å². The summed E-state index contributed by atoms with van der Waals surface area (Å²) in [5, 5.41) is 3.17. The number of ether oxygens (including phenoxy) is 2. The van der Waals surface area contributed by atoms with Crippen molar-refractivity contribution in [1.29, 1.82) is 0 Å². The number of halogens is 1. The first kappa shape index (κ1) is 23.3. The minimum Gasteiger partial charge on any atom is -0.476 e. The lowest BCUT2D eigenvalue weighted by molar-refractivity contribution is 0.0400. The lowest BCUT2D eigenvalue weighted by atomic mass is 10.2. The normalized spacial score (nSPS) is 17.8. The molecule has 0 bridgehead atoms. The zero-order valence-electron chi connectivity index (χ0n) is 16.3. The third kappa shape index (κ3) is 6.28. The first-order valence-electron chi connectivity index (χ1n) is 8.80. The number of methoxy groups -OCH3 is 1. The van der Waals surface area contributed by atoms with Gasteiger partial charge >= 0.3 is 6.72 Å². The Bertz CT molecular complexity index is 716. The van der Waals surface area contributed by atoms with E-state index in [4.69, 9.17) is 47.7 Å². The molecule has 0 saturated carbocycles. The van der Waals surface area contributed by atoms with Gasteiger partial charge in [0, 0.05) is 13.5 Å². The summed E-state index contributed by atoms with van der Waals surface area (Å²) in [6.07, 6.45) is -0.277.